The summed E-state index contributed by atoms with van der Waals surface area (Å²) in [4.78, 5) is 0. The van der Waals surface area contributed by atoms with Gasteiger partial charge in [-0.1, -0.05) is 30.7 Å². The van der Waals surface area contributed by atoms with Crippen LogP contribution in [0.3, 0.4) is 0 Å². The van der Waals surface area contributed by atoms with Gasteiger partial charge >= 0.3 is 0 Å². The Morgan fingerprint density at radius 3 is 2.39 bits per heavy atom. The first-order valence-electron chi connectivity index (χ1n) is 6.65. The van der Waals surface area contributed by atoms with Crippen LogP contribution >= 0.6 is 0 Å². The Bertz CT molecular complexity index is 522. The van der Waals surface area contributed by atoms with E-state index >= 15 is 0 Å². The molecule has 0 bridgehead atoms. The van der Waals surface area contributed by atoms with Crippen molar-refractivity contribution in [1.82, 2.24) is 0 Å². The lowest BCUT2D eigenvalue weighted by molar-refractivity contribution is 0.419. The van der Waals surface area contributed by atoms with E-state index in [1.54, 1.807) is 6.26 Å². The van der Waals surface area contributed by atoms with E-state index in [1.165, 1.54) is 24.8 Å². The Labute approximate surface area is 108 Å². The van der Waals surface area contributed by atoms with Crippen LogP contribution in [0.2, 0.25) is 0 Å². The number of furan rings is 1. The molecule has 2 nitrogen and oxygen atoms in total. The van der Waals surface area contributed by atoms with Crippen LogP contribution in [0.15, 0.2) is 41.0 Å². The van der Waals surface area contributed by atoms with Crippen molar-refractivity contribution in [3.8, 4) is 0 Å². The maximum Gasteiger partial charge on any atom is 0.105 e. The molecule has 2 aromatic rings. The fourth-order valence-corrected chi connectivity index (χ4v) is 2.61. The van der Waals surface area contributed by atoms with Gasteiger partial charge in [0.25, 0.3) is 0 Å². The lowest BCUT2D eigenvalue weighted by atomic mass is 9.79. The van der Waals surface area contributed by atoms with Crippen molar-refractivity contribution < 1.29 is 4.42 Å². The summed E-state index contributed by atoms with van der Waals surface area (Å²) in [5.74, 6) is 1.69. The summed E-state index contributed by atoms with van der Waals surface area (Å²) in [6.45, 7) is 1.96. The summed E-state index contributed by atoms with van der Waals surface area (Å²) in [5, 5.41) is 0. The smallest absolute Gasteiger partial charge is 0.105 e. The molecule has 0 radical (unpaired) electrons. The summed E-state index contributed by atoms with van der Waals surface area (Å²) in [6.07, 6.45) is 5.76. The van der Waals surface area contributed by atoms with E-state index in [4.69, 9.17) is 10.2 Å². The number of hydrogen-bond donors (Lipinski definition) is 1. The molecule has 1 fully saturated rings. The predicted octanol–water partition coefficient (Wildman–Crippen LogP) is 3.90. The molecule has 0 amide bonds. The number of rotatable bonds is 3. The molecule has 3 rings (SSSR count). The number of nitrogens with two attached hydrogens (primary N) is 1. The lowest BCUT2D eigenvalue weighted by Crippen LogP contribution is -2.13. The average Bonchev–Trinajstić information content (AvgIpc) is 2.73. The predicted molar refractivity (Wildman–Crippen MR) is 72.5 cm³/mol. The molecule has 1 aromatic carbocycles. The second-order valence-corrected chi connectivity index (χ2v) is 5.20. The molecule has 2 heteroatoms. The number of hydrogen-bond acceptors (Lipinski definition) is 2. The van der Waals surface area contributed by atoms with Crippen molar-refractivity contribution in [3.63, 3.8) is 0 Å². The van der Waals surface area contributed by atoms with Gasteiger partial charge < -0.3 is 10.2 Å². The normalized spacial score (nSPS) is 17.4. The molecule has 2 N–H and O–H groups in total. The fraction of sp³-hybridized carbons (Fsp3) is 0.375. The first kappa shape index (κ1) is 11.5. The second kappa shape index (κ2) is 4.62. The van der Waals surface area contributed by atoms with Crippen LogP contribution in [-0.2, 0) is 0 Å². The molecule has 94 valence electrons. The van der Waals surface area contributed by atoms with Crippen LogP contribution < -0.4 is 5.73 Å². The molecule has 1 aliphatic rings. The molecule has 1 atom stereocenters. The molecule has 1 aromatic heterocycles. The van der Waals surface area contributed by atoms with E-state index in [0.29, 0.717) is 0 Å². The average molecular weight is 241 g/mol. The molecule has 18 heavy (non-hydrogen) atoms. The quantitative estimate of drug-likeness (QED) is 0.885. The van der Waals surface area contributed by atoms with E-state index in [0.717, 1.165) is 22.8 Å². The highest BCUT2D eigenvalue weighted by atomic mass is 16.3. The van der Waals surface area contributed by atoms with Gasteiger partial charge in [0, 0.05) is 5.56 Å². The summed E-state index contributed by atoms with van der Waals surface area (Å²) < 4.78 is 5.32. The highest BCUT2D eigenvalue weighted by Gasteiger charge is 2.20. The maximum atomic E-state index is 6.27. The highest BCUT2D eigenvalue weighted by molar-refractivity contribution is 5.35. The molecular weight excluding hydrogens is 222 g/mol. The van der Waals surface area contributed by atoms with Gasteiger partial charge in [0.1, 0.15) is 5.76 Å². The van der Waals surface area contributed by atoms with Gasteiger partial charge in [-0.3, -0.25) is 0 Å². The molecule has 0 aliphatic heterocycles. The van der Waals surface area contributed by atoms with Crippen LogP contribution in [0, 0.1) is 6.92 Å². The second-order valence-electron chi connectivity index (χ2n) is 5.20. The van der Waals surface area contributed by atoms with Gasteiger partial charge in [-0.2, -0.15) is 0 Å². The third kappa shape index (κ3) is 1.97. The summed E-state index contributed by atoms with van der Waals surface area (Å²) in [6, 6.07) is 10.7. The van der Waals surface area contributed by atoms with E-state index in [1.807, 2.05) is 13.0 Å². The summed E-state index contributed by atoms with van der Waals surface area (Å²) >= 11 is 0. The molecular formula is C16H19NO. The monoisotopic (exact) mass is 241 g/mol. The van der Waals surface area contributed by atoms with E-state index in [2.05, 4.69) is 24.3 Å². The topological polar surface area (TPSA) is 39.2 Å². The zero-order chi connectivity index (χ0) is 12.5. The van der Waals surface area contributed by atoms with E-state index in [9.17, 15) is 0 Å². The Balaban J connectivity index is 1.82. The van der Waals surface area contributed by atoms with Gasteiger partial charge in [0.15, 0.2) is 0 Å². The molecule has 1 unspecified atom stereocenters. The fourth-order valence-electron chi connectivity index (χ4n) is 2.61. The zero-order valence-electron chi connectivity index (χ0n) is 10.7. The van der Waals surface area contributed by atoms with Gasteiger partial charge in [0.2, 0.25) is 0 Å². The van der Waals surface area contributed by atoms with Crippen molar-refractivity contribution in [3.05, 3.63) is 59.0 Å². The molecule has 0 saturated heterocycles. The molecule has 1 heterocycles. The largest absolute Gasteiger partial charge is 0.469 e. The Morgan fingerprint density at radius 1 is 1.17 bits per heavy atom. The Hall–Kier alpha value is -1.54. The van der Waals surface area contributed by atoms with Crippen molar-refractivity contribution >= 4 is 0 Å². The highest BCUT2D eigenvalue weighted by Crippen LogP contribution is 2.36. The first-order valence-corrected chi connectivity index (χ1v) is 6.65. The molecule has 1 aliphatic carbocycles. The molecule has 1 saturated carbocycles. The zero-order valence-corrected chi connectivity index (χ0v) is 10.7. The minimum atomic E-state index is -0.0841. The number of aryl methyl sites for hydroxylation is 1. The van der Waals surface area contributed by atoms with Crippen LogP contribution in [0.1, 0.15) is 53.7 Å². The van der Waals surface area contributed by atoms with E-state index < -0.39 is 0 Å². The minimum Gasteiger partial charge on any atom is -0.469 e. The Morgan fingerprint density at radius 2 is 1.89 bits per heavy atom. The van der Waals surface area contributed by atoms with Gasteiger partial charge in [-0.25, -0.2) is 0 Å². The first-order chi connectivity index (χ1) is 8.75. The van der Waals surface area contributed by atoms with Crippen molar-refractivity contribution in [2.24, 2.45) is 5.73 Å². The SMILES string of the molecule is Cc1occc1C(N)c1ccc(C2CCC2)cc1. The van der Waals surface area contributed by atoms with Gasteiger partial charge in [-0.15, -0.1) is 0 Å². The van der Waals surface area contributed by atoms with Gasteiger partial charge in [-0.05, 0) is 42.9 Å². The van der Waals surface area contributed by atoms with Crippen LogP contribution in [0.25, 0.3) is 0 Å². The third-order valence-corrected chi connectivity index (χ3v) is 4.11. The Kier molecular flexibility index (Phi) is 2.96. The maximum absolute atomic E-state index is 6.27. The standard InChI is InChI=1S/C16H19NO/c1-11-15(9-10-18-11)16(17)14-7-5-13(6-8-14)12-3-2-4-12/h5-10,12,16H,2-4,17H2,1H3. The van der Waals surface area contributed by atoms with Crippen molar-refractivity contribution in [2.75, 3.05) is 0 Å². The van der Waals surface area contributed by atoms with Crippen LogP contribution in [-0.4, -0.2) is 0 Å². The third-order valence-electron chi connectivity index (χ3n) is 4.11. The minimum absolute atomic E-state index is 0.0841. The van der Waals surface area contributed by atoms with Crippen molar-refractivity contribution in [1.29, 1.82) is 0 Å². The van der Waals surface area contributed by atoms with Crippen LogP contribution in [0.4, 0.5) is 0 Å². The molecule has 0 spiro atoms. The summed E-state index contributed by atoms with van der Waals surface area (Å²) in [7, 11) is 0. The summed E-state index contributed by atoms with van der Waals surface area (Å²) in [5.41, 5.74) is 9.96. The van der Waals surface area contributed by atoms with Gasteiger partial charge in [0.05, 0.1) is 12.3 Å². The van der Waals surface area contributed by atoms with Crippen LogP contribution in [0.5, 0.6) is 0 Å². The number of benzene rings is 1. The van der Waals surface area contributed by atoms with Crippen molar-refractivity contribution in [2.45, 2.75) is 38.1 Å². The van der Waals surface area contributed by atoms with E-state index in [-0.39, 0.29) is 6.04 Å². The lowest BCUT2D eigenvalue weighted by Gasteiger charge is -2.26.